The molecule has 24 heavy (non-hydrogen) atoms. The highest BCUT2D eigenvalue weighted by molar-refractivity contribution is 5.77. The summed E-state index contributed by atoms with van der Waals surface area (Å²) >= 11 is 0. The zero-order chi connectivity index (χ0) is 16.5. The molecule has 1 N–H and O–H groups in total. The van der Waals surface area contributed by atoms with Gasteiger partial charge < -0.3 is 4.98 Å². The number of H-pyrrole nitrogens is 1. The fourth-order valence-electron chi connectivity index (χ4n) is 3.51. The molecule has 6 heteroatoms. The number of piperidine rings is 1. The summed E-state index contributed by atoms with van der Waals surface area (Å²) in [5.74, 6) is 1.19. The van der Waals surface area contributed by atoms with E-state index in [2.05, 4.69) is 26.0 Å². The molecule has 4 rings (SSSR count). The maximum Gasteiger partial charge on any atom is 0.258 e. The second-order valence-corrected chi connectivity index (χ2v) is 6.52. The monoisotopic (exact) mass is 323 g/mol. The number of hydrogen-bond acceptors (Lipinski definition) is 4. The Labute approximate surface area is 140 Å². The maximum absolute atomic E-state index is 12.2. The highest BCUT2D eigenvalue weighted by Crippen LogP contribution is 2.26. The Balaban J connectivity index is 1.53. The van der Waals surface area contributed by atoms with Crippen molar-refractivity contribution in [3.63, 3.8) is 0 Å². The number of nitrogens with one attached hydrogen (secondary N) is 1. The number of fused-ring (bicyclic) bond motifs is 1. The summed E-state index contributed by atoms with van der Waals surface area (Å²) in [5.41, 5.74) is 1.85. The molecule has 0 aliphatic carbocycles. The molecule has 6 nitrogen and oxygen atoms in total. The molecule has 1 fully saturated rings. The number of benzene rings is 1. The van der Waals surface area contributed by atoms with Crippen LogP contribution in [-0.4, -0.2) is 37.7 Å². The smallest absolute Gasteiger partial charge is 0.258 e. The molecule has 0 saturated carbocycles. The Morgan fingerprint density at radius 3 is 3.00 bits per heavy atom. The van der Waals surface area contributed by atoms with Gasteiger partial charge in [-0.05, 0) is 37.6 Å². The van der Waals surface area contributed by atoms with E-state index in [0.29, 0.717) is 17.8 Å². The number of likely N-dealkylation sites (tertiary alicyclic amines) is 1. The third kappa shape index (κ3) is 2.97. The largest absolute Gasteiger partial charge is 0.309 e. The van der Waals surface area contributed by atoms with Crippen LogP contribution in [0.4, 0.5) is 0 Å². The van der Waals surface area contributed by atoms with E-state index in [1.165, 1.54) is 0 Å². The summed E-state index contributed by atoms with van der Waals surface area (Å²) in [7, 11) is 1.95. The molecule has 0 spiro atoms. The molecule has 3 aromatic rings. The topological polar surface area (TPSA) is 66.8 Å². The third-order valence-corrected chi connectivity index (χ3v) is 4.69. The van der Waals surface area contributed by atoms with Gasteiger partial charge in [0.15, 0.2) is 0 Å². The van der Waals surface area contributed by atoms with Crippen molar-refractivity contribution in [2.45, 2.75) is 25.3 Å². The van der Waals surface area contributed by atoms with E-state index < -0.39 is 0 Å². The van der Waals surface area contributed by atoms with Crippen molar-refractivity contribution in [1.82, 2.24) is 24.6 Å². The number of para-hydroxylation sites is 1. The SMILES string of the molecule is Cn1ccc(C2CCCN(Cc3nc4ccccc4c(=O)[nH]3)C2)n1. The van der Waals surface area contributed by atoms with Crippen molar-refractivity contribution in [3.05, 3.63) is 58.4 Å². The lowest BCUT2D eigenvalue weighted by Gasteiger charge is -2.31. The number of aromatic amines is 1. The molecule has 2 aromatic heterocycles. The van der Waals surface area contributed by atoms with Crippen LogP contribution in [0.3, 0.4) is 0 Å². The van der Waals surface area contributed by atoms with Gasteiger partial charge in [-0.3, -0.25) is 14.4 Å². The molecule has 1 unspecified atom stereocenters. The second-order valence-electron chi connectivity index (χ2n) is 6.52. The van der Waals surface area contributed by atoms with E-state index in [4.69, 9.17) is 0 Å². The first-order chi connectivity index (χ1) is 11.7. The molecule has 0 bridgehead atoms. The van der Waals surface area contributed by atoms with Gasteiger partial charge in [-0.2, -0.15) is 5.10 Å². The zero-order valence-corrected chi connectivity index (χ0v) is 13.8. The van der Waals surface area contributed by atoms with Crippen molar-refractivity contribution in [1.29, 1.82) is 0 Å². The maximum atomic E-state index is 12.2. The van der Waals surface area contributed by atoms with Crippen molar-refractivity contribution in [2.75, 3.05) is 13.1 Å². The Bertz CT molecular complexity index is 913. The first kappa shape index (κ1) is 15.1. The molecule has 1 saturated heterocycles. The predicted octanol–water partition coefficient (Wildman–Crippen LogP) is 2.04. The molecule has 1 atom stereocenters. The van der Waals surface area contributed by atoms with Crippen LogP contribution in [0.2, 0.25) is 0 Å². The summed E-state index contributed by atoms with van der Waals surface area (Å²) < 4.78 is 1.86. The van der Waals surface area contributed by atoms with Crippen LogP contribution in [0.1, 0.15) is 30.3 Å². The number of nitrogens with zero attached hydrogens (tertiary/aromatic N) is 4. The van der Waals surface area contributed by atoms with E-state index in [9.17, 15) is 4.79 Å². The van der Waals surface area contributed by atoms with Crippen molar-refractivity contribution in [3.8, 4) is 0 Å². The average Bonchev–Trinajstić information content (AvgIpc) is 3.02. The van der Waals surface area contributed by atoms with Gasteiger partial charge in [0, 0.05) is 25.7 Å². The minimum Gasteiger partial charge on any atom is -0.309 e. The molecular weight excluding hydrogens is 302 g/mol. The summed E-state index contributed by atoms with van der Waals surface area (Å²) in [6.45, 7) is 2.65. The van der Waals surface area contributed by atoms with Crippen LogP contribution in [0, 0.1) is 0 Å². The van der Waals surface area contributed by atoms with Gasteiger partial charge in [-0.15, -0.1) is 0 Å². The van der Waals surface area contributed by atoms with Crippen LogP contribution in [0.15, 0.2) is 41.3 Å². The Hall–Kier alpha value is -2.47. The quantitative estimate of drug-likeness (QED) is 0.801. The van der Waals surface area contributed by atoms with Gasteiger partial charge in [0.05, 0.1) is 23.1 Å². The molecule has 0 radical (unpaired) electrons. The molecule has 1 aliphatic heterocycles. The van der Waals surface area contributed by atoms with Crippen LogP contribution in [0.25, 0.3) is 10.9 Å². The molecule has 1 aromatic carbocycles. The Morgan fingerprint density at radius 1 is 1.29 bits per heavy atom. The Kier molecular flexibility index (Phi) is 3.90. The van der Waals surface area contributed by atoms with Crippen LogP contribution < -0.4 is 5.56 Å². The van der Waals surface area contributed by atoms with Gasteiger partial charge in [-0.25, -0.2) is 4.98 Å². The predicted molar refractivity (Wildman–Crippen MR) is 92.8 cm³/mol. The van der Waals surface area contributed by atoms with E-state index in [-0.39, 0.29) is 5.56 Å². The summed E-state index contributed by atoms with van der Waals surface area (Å²) in [6, 6.07) is 9.58. The summed E-state index contributed by atoms with van der Waals surface area (Å²) in [5, 5.41) is 5.19. The van der Waals surface area contributed by atoms with Crippen molar-refractivity contribution in [2.24, 2.45) is 7.05 Å². The molecule has 1 aliphatic rings. The first-order valence-corrected chi connectivity index (χ1v) is 8.39. The standard InChI is InChI=1S/C18H21N5O/c1-22-10-8-15(21-22)13-5-4-9-23(11-13)12-17-19-16-7-3-2-6-14(16)18(24)20-17/h2-3,6-8,10,13H,4-5,9,11-12H2,1H3,(H,19,20,24). The van der Waals surface area contributed by atoms with Gasteiger partial charge in [0.1, 0.15) is 5.82 Å². The number of aryl methyl sites for hydroxylation is 1. The third-order valence-electron chi connectivity index (χ3n) is 4.69. The van der Waals surface area contributed by atoms with E-state index in [1.54, 1.807) is 0 Å². The highest BCUT2D eigenvalue weighted by atomic mass is 16.1. The first-order valence-electron chi connectivity index (χ1n) is 8.39. The number of aromatic nitrogens is 4. The minimum atomic E-state index is -0.0612. The molecular formula is C18H21N5O. The normalized spacial score (nSPS) is 19.0. The minimum absolute atomic E-state index is 0.0612. The fourth-order valence-corrected chi connectivity index (χ4v) is 3.51. The van der Waals surface area contributed by atoms with Gasteiger partial charge in [0.2, 0.25) is 0 Å². The second kappa shape index (κ2) is 6.20. The molecule has 3 heterocycles. The van der Waals surface area contributed by atoms with Crippen molar-refractivity contribution >= 4 is 10.9 Å². The highest BCUT2D eigenvalue weighted by Gasteiger charge is 2.23. The van der Waals surface area contributed by atoms with Gasteiger partial charge >= 0.3 is 0 Å². The number of hydrogen-bond donors (Lipinski definition) is 1. The lowest BCUT2D eigenvalue weighted by atomic mass is 9.95. The fraction of sp³-hybridized carbons (Fsp3) is 0.389. The lowest BCUT2D eigenvalue weighted by Crippen LogP contribution is -2.35. The summed E-state index contributed by atoms with van der Waals surface area (Å²) in [6.07, 6.45) is 4.30. The average molecular weight is 323 g/mol. The Morgan fingerprint density at radius 2 is 2.17 bits per heavy atom. The van der Waals surface area contributed by atoms with Gasteiger partial charge in [-0.1, -0.05) is 12.1 Å². The molecule has 124 valence electrons. The van der Waals surface area contributed by atoms with Crippen LogP contribution >= 0.6 is 0 Å². The van der Waals surface area contributed by atoms with E-state index in [1.807, 2.05) is 42.2 Å². The van der Waals surface area contributed by atoms with E-state index in [0.717, 1.165) is 43.0 Å². The van der Waals surface area contributed by atoms with Crippen LogP contribution in [0.5, 0.6) is 0 Å². The molecule has 0 amide bonds. The van der Waals surface area contributed by atoms with Crippen molar-refractivity contribution < 1.29 is 0 Å². The summed E-state index contributed by atoms with van der Waals surface area (Å²) in [4.78, 5) is 22.1. The zero-order valence-electron chi connectivity index (χ0n) is 13.8. The lowest BCUT2D eigenvalue weighted by molar-refractivity contribution is 0.194. The van der Waals surface area contributed by atoms with Crippen LogP contribution in [-0.2, 0) is 13.6 Å². The van der Waals surface area contributed by atoms with Gasteiger partial charge in [0.25, 0.3) is 5.56 Å². The van der Waals surface area contributed by atoms with E-state index >= 15 is 0 Å². The number of rotatable bonds is 3.